The van der Waals surface area contributed by atoms with Crippen LogP contribution in [-0.2, 0) is 14.3 Å². The van der Waals surface area contributed by atoms with Crippen molar-refractivity contribution in [1.82, 2.24) is 10.2 Å². The van der Waals surface area contributed by atoms with Crippen LogP contribution in [0, 0.1) is 17.3 Å². The highest BCUT2D eigenvalue weighted by molar-refractivity contribution is 5.82. The third kappa shape index (κ3) is 4.77. The Labute approximate surface area is 206 Å². The second-order valence-electron chi connectivity index (χ2n) is 10.4. The molecule has 2 amide bonds. The maximum atomic E-state index is 13.0. The van der Waals surface area contributed by atoms with E-state index in [1.807, 2.05) is 45.0 Å². The van der Waals surface area contributed by atoms with Crippen molar-refractivity contribution in [2.45, 2.75) is 46.1 Å². The molecule has 1 saturated heterocycles. The molecule has 1 fully saturated rings. The van der Waals surface area contributed by atoms with E-state index in [1.165, 1.54) is 0 Å². The molecule has 1 aliphatic heterocycles. The minimum Gasteiger partial charge on any atom is -0.481 e. The first kappa shape index (κ1) is 24.8. The van der Waals surface area contributed by atoms with Crippen LogP contribution in [0.4, 0.5) is 4.79 Å². The van der Waals surface area contributed by atoms with Crippen LogP contribution < -0.4 is 5.32 Å². The van der Waals surface area contributed by atoms with Gasteiger partial charge in [0.2, 0.25) is 5.91 Å². The van der Waals surface area contributed by atoms with E-state index in [0.29, 0.717) is 6.54 Å². The zero-order valence-corrected chi connectivity index (χ0v) is 20.8. The molecule has 2 aromatic rings. The van der Waals surface area contributed by atoms with Gasteiger partial charge in [0, 0.05) is 31.5 Å². The van der Waals surface area contributed by atoms with Crippen LogP contribution in [0.15, 0.2) is 48.5 Å². The molecule has 0 aromatic heterocycles. The first-order valence-corrected chi connectivity index (χ1v) is 12.2. The largest absolute Gasteiger partial charge is 0.481 e. The number of nitrogens with zero attached hydrogens (tertiary/aromatic N) is 1. The van der Waals surface area contributed by atoms with Crippen molar-refractivity contribution < 1.29 is 24.2 Å². The number of nitrogens with one attached hydrogen (secondary N) is 1. The van der Waals surface area contributed by atoms with E-state index in [1.54, 1.807) is 11.8 Å². The summed E-state index contributed by atoms with van der Waals surface area (Å²) < 4.78 is 5.66. The topological polar surface area (TPSA) is 95.9 Å². The summed E-state index contributed by atoms with van der Waals surface area (Å²) in [5, 5.41) is 12.5. The molecule has 7 heteroatoms. The highest BCUT2D eigenvalue weighted by Gasteiger charge is 2.48. The average Bonchev–Trinajstić information content (AvgIpc) is 3.32. The van der Waals surface area contributed by atoms with E-state index in [-0.39, 0.29) is 43.2 Å². The van der Waals surface area contributed by atoms with Crippen molar-refractivity contribution in [2.75, 3.05) is 19.7 Å². The number of hydrogen-bond acceptors (Lipinski definition) is 4. The molecule has 7 nitrogen and oxygen atoms in total. The van der Waals surface area contributed by atoms with Gasteiger partial charge in [-0.3, -0.25) is 9.59 Å². The Morgan fingerprint density at radius 1 is 1.09 bits per heavy atom. The Bertz CT molecular complexity index is 1080. The maximum absolute atomic E-state index is 13.0. The minimum atomic E-state index is -0.955. The number of alkyl carbamates (subject to hydrolysis) is 1. The Kier molecular flexibility index (Phi) is 6.88. The van der Waals surface area contributed by atoms with Crippen LogP contribution in [-0.4, -0.2) is 53.7 Å². The van der Waals surface area contributed by atoms with Crippen LogP contribution in [0.2, 0.25) is 0 Å². The number of carboxylic acids is 1. The Morgan fingerprint density at radius 3 is 2.17 bits per heavy atom. The Hall–Kier alpha value is -3.35. The second-order valence-corrected chi connectivity index (χ2v) is 10.4. The van der Waals surface area contributed by atoms with Crippen LogP contribution >= 0.6 is 0 Å². The van der Waals surface area contributed by atoms with Gasteiger partial charge < -0.3 is 20.1 Å². The molecule has 0 unspecified atom stereocenters. The highest BCUT2D eigenvalue weighted by Crippen LogP contribution is 2.44. The van der Waals surface area contributed by atoms with Crippen LogP contribution in [0.5, 0.6) is 0 Å². The summed E-state index contributed by atoms with van der Waals surface area (Å²) >= 11 is 0. The number of fused-ring (bicyclic) bond motifs is 3. The number of aliphatic carboxylic acids is 1. The molecule has 2 aromatic carbocycles. The molecule has 186 valence electrons. The van der Waals surface area contributed by atoms with Crippen molar-refractivity contribution >= 4 is 18.0 Å². The molecule has 2 aliphatic rings. The van der Waals surface area contributed by atoms with E-state index in [4.69, 9.17) is 4.74 Å². The predicted octanol–water partition coefficient (Wildman–Crippen LogP) is 4.51. The van der Waals surface area contributed by atoms with Gasteiger partial charge in [-0.2, -0.15) is 0 Å². The fraction of sp³-hybridized carbons (Fsp3) is 0.464. The van der Waals surface area contributed by atoms with Gasteiger partial charge in [-0.1, -0.05) is 69.3 Å². The minimum absolute atomic E-state index is 0.00492. The summed E-state index contributed by atoms with van der Waals surface area (Å²) in [5.41, 5.74) is 3.65. The molecule has 2 N–H and O–H groups in total. The summed E-state index contributed by atoms with van der Waals surface area (Å²) in [6, 6.07) is 15.9. The van der Waals surface area contributed by atoms with Gasteiger partial charge in [0.15, 0.2) is 0 Å². The smallest absolute Gasteiger partial charge is 0.407 e. The zero-order valence-electron chi connectivity index (χ0n) is 20.8. The monoisotopic (exact) mass is 478 g/mol. The van der Waals surface area contributed by atoms with Crippen molar-refractivity contribution in [3.63, 3.8) is 0 Å². The van der Waals surface area contributed by atoms with E-state index in [2.05, 4.69) is 29.6 Å². The SMILES string of the molecule is CC(C)[C@H](CC(=O)N1C[C@@H](C)[C@](C)(C(=O)O)C1)NC(=O)OCC1c2ccccc2-c2ccccc21. The standard InChI is InChI=1S/C28H34N2O5/c1-17(2)24(13-25(31)30-14-18(3)28(4,16-30)26(32)33)29-27(34)35-15-23-21-11-7-5-9-19(21)20-10-6-8-12-22(20)23/h5-12,17-18,23-24H,13-16H2,1-4H3,(H,29,34)(H,32,33)/t18-,24+,28-/m1/s1. The molecule has 0 spiro atoms. The number of ether oxygens (including phenoxy) is 1. The summed E-state index contributed by atoms with van der Waals surface area (Å²) in [6.07, 6.45) is -0.451. The summed E-state index contributed by atoms with van der Waals surface area (Å²) in [4.78, 5) is 39.0. The lowest BCUT2D eigenvalue weighted by Crippen LogP contribution is -2.44. The lowest BCUT2D eigenvalue weighted by Gasteiger charge is -2.26. The fourth-order valence-electron chi connectivity index (χ4n) is 5.18. The van der Waals surface area contributed by atoms with Gasteiger partial charge >= 0.3 is 12.1 Å². The molecular formula is C28H34N2O5. The molecular weight excluding hydrogens is 444 g/mol. The molecule has 0 saturated carbocycles. The molecule has 0 bridgehead atoms. The molecule has 3 atom stereocenters. The third-order valence-corrected chi connectivity index (χ3v) is 7.79. The number of hydrogen-bond donors (Lipinski definition) is 2. The maximum Gasteiger partial charge on any atom is 0.407 e. The normalized spacial score (nSPS) is 22.0. The molecule has 4 rings (SSSR count). The number of amides is 2. The van der Waals surface area contributed by atoms with Crippen molar-refractivity contribution in [3.8, 4) is 11.1 Å². The number of carboxylic acid groups (broad SMARTS) is 1. The Balaban J connectivity index is 1.37. The predicted molar refractivity (Wildman–Crippen MR) is 133 cm³/mol. The van der Waals surface area contributed by atoms with Crippen LogP contribution in [0.3, 0.4) is 0 Å². The van der Waals surface area contributed by atoms with Crippen molar-refractivity contribution in [2.24, 2.45) is 17.3 Å². The lowest BCUT2D eigenvalue weighted by atomic mass is 9.81. The van der Waals surface area contributed by atoms with Crippen molar-refractivity contribution in [1.29, 1.82) is 0 Å². The summed E-state index contributed by atoms with van der Waals surface area (Å²) in [6.45, 7) is 8.21. The Morgan fingerprint density at radius 2 is 1.66 bits per heavy atom. The van der Waals surface area contributed by atoms with Gasteiger partial charge in [0.05, 0.1) is 5.41 Å². The third-order valence-electron chi connectivity index (χ3n) is 7.79. The summed E-state index contributed by atoms with van der Waals surface area (Å²) in [5.74, 6) is -1.22. The molecule has 1 aliphatic carbocycles. The number of rotatable bonds is 7. The summed E-state index contributed by atoms with van der Waals surface area (Å²) in [7, 11) is 0. The van der Waals surface area contributed by atoms with E-state index in [9.17, 15) is 19.5 Å². The van der Waals surface area contributed by atoms with E-state index < -0.39 is 23.5 Å². The fourth-order valence-corrected chi connectivity index (χ4v) is 5.18. The number of benzene rings is 2. The van der Waals surface area contributed by atoms with Crippen molar-refractivity contribution in [3.05, 3.63) is 59.7 Å². The highest BCUT2D eigenvalue weighted by atomic mass is 16.5. The zero-order chi connectivity index (χ0) is 25.3. The molecule has 0 radical (unpaired) electrons. The van der Waals surface area contributed by atoms with Crippen LogP contribution in [0.25, 0.3) is 11.1 Å². The average molecular weight is 479 g/mol. The first-order chi connectivity index (χ1) is 16.6. The number of carbonyl (C=O) groups excluding carboxylic acids is 2. The molecule has 1 heterocycles. The van der Waals surface area contributed by atoms with E-state index in [0.717, 1.165) is 22.3 Å². The van der Waals surface area contributed by atoms with Crippen LogP contribution in [0.1, 0.15) is 51.2 Å². The van der Waals surface area contributed by atoms with Gasteiger partial charge in [-0.05, 0) is 41.0 Å². The van der Waals surface area contributed by atoms with Gasteiger partial charge in [0.25, 0.3) is 0 Å². The van der Waals surface area contributed by atoms with E-state index >= 15 is 0 Å². The first-order valence-electron chi connectivity index (χ1n) is 12.2. The number of carbonyl (C=O) groups is 3. The quantitative estimate of drug-likeness (QED) is 0.611. The second kappa shape index (κ2) is 9.72. The van der Waals surface area contributed by atoms with Gasteiger partial charge in [-0.25, -0.2) is 4.79 Å². The lowest BCUT2D eigenvalue weighted by molar-refractivity contribution is -0.149. The molecule has 35 heavy (non-hydrogen) atoms. The van der Waals surface area contributed by atoms with Gasteiger partial charge in [-0.15, -0.1) is 0 Å². The number of likely N-dealkylation sites (tertiary alicyclic amines) is 1. The van der Waals surface area contributed by atoms with Gasteiger partial charge in [0.1, 0.15) is 6.61 Å².